The summed E-state index contributed by atoms with van der Waals surface area (Å²) < 4.78 is 42.3. The predicted molar refractivity (Wildman–Crippen MR) is 143 cm³/mol. The van der Waals surface area contributed by atoms with Gasteiger partial charge in [0.15, 0.2) is 0 Å². The van der Waals surface area contributed by atoms with E-state index in [1.165, 1.54) is 20.0 Å². The van der Waals surface area contributed by atoms with Crippen molar-refractivity contribution < 1.29 is 27.8 Å². The molecule has 1 aromatic heterocycles. The van der Waals surface area contributed by atoms with Crippen LogP contribution in [0.5, 0.6) is 11.5 Å². The van der Waals surface area contributed by atoms with Gasteiger partial charge in [-0.05, 0) is 43.4 Å². The fraction of sp³-hybridized carbons (Fsp3) is 0.500. The van der Waals surface area contributed by atoms with Gasteiger partial charge in [-0.25, -0.2) is 8.42 Å². The van der Waals surface area contributed by atoms with Crippen LogP contribution in [-0.4, -0.2) is 60.4 Å². The molecule has 1 aliphatic heterocycles. The average molecular weight is 542 g/mol. The first-order valence-electron chi connectivity index (χ1n) is 13.3. The highest BCUT2D eigenvalue weighted by Gasteiger charge is 2.43. The number of methoxy groups -OCH3 is 1. The summed E-state index contributed by atoms with van der Waals surface area (Å²) in [5.41, 5.74) is 1.34. The van der Waals surface area contributed by atoms with Gasteiger partial charge in [0.2, 0.25) is 10.0 Å². The second-order valence-electron chi connectivity index (χ2n) is 10.3. The number of benzene rings is 2. The molecule has 0 spiro atoms. The van der Waals surface area contributed by atoms with E-state index in [-0.39, 0.29) is 35.6 Å². The number of hydrogen-bond donors (Lipinski definition) is 1. The molecule has 0 unspecified atom stereocenters. The monoisotopic (exact) mass is 541 g/mol. The van der Waals surface area contributed by atoms with Crippen LogP contribution in [-0.2, 0) is 21.2 Å². The quantitative estimate of drug-likeness (QED) is 0.402. The van der Waals surface area contributed by atoms with Gasteiger partial charge in [0.1, 0.15) is 16.4 Å². The maximum atomic E-state index is 14.0. The first-order chi connectivity index (χ1) is 18.3. The van der Waals surface area contributed by atoms with Gasteiger partial charge >= 0.3 is 5.97 Å². The number of nitrogens with zero attached hydrogens (tertiary/aromatic N) is 3. The lowest BCUT2D eigenvalue weighted by Crippen LogP contribution is -2.30. The zero-order valence-electron chi connectivity index (χ0n) is 21.9. The van der Waals surface area contributed by atoms with Gasteiger partial charge in [-0.2, -0.15) is 9.40 Å². The van der Waals surface area contributed by atoms with Gasteiger partial charge in [-0.1, -0.05) is 43.9 Å². The standard InChI is InChI=1S/C28H35N3O6S/c1-3-37-21-12-13-27(26(15-21)36-2)38(34,35)30-17-20(14-19-8-4-5-9-19)25(18-30)31-24-11-7-6-10-22(24)23(29-31)16-28(32)33/h6-7,10-13,15,19-20,25H,3-5,8-9,14,16-18H2,1-2H3,(H,32,33)/t20-,25+/m1/s1. The Morgan fingerprint density at radius 2 is 1.89 bits per heavy atom. The number of hydrogen-bond acceptors (Lipinski definition) is 6. The van der Waals surface area contributed by atoms with Gasteiger partial charge < -0.3 is 14.6 Å². The lowest BCUT2D eigenvalue weighted by molar-refractivity contribution is -0.136. The van der Waals surface area contributed by atoms with E-state index in [2.05, 4.69) is 0 Å². The van der Waals surface area contributed by atoms with Crippen molar-refractivity contribution in [3.63, 3.8) is 0 Å². The molecule has 2 fully saturated rings. The lowest BCUT2D eigenvalue weighted by atomic mass is 9.90. The van der Waals surface area contributed by atoms with Gasteiger partial charge in [-0.3, -0.25) is 9.48 Å². The van der Waals surface area contributed by atoms with Crippen molar-refractivity contribution in [2.24, 2.45) is 11.8 Å². The molecule has 3 aromatic rings. The first kappa shape index (κ1) is 26.5. The molecule has 5 rings (SSSR count). The van der Waals surface area contributed by atoms with Crippen molar-refractivity contribution in [3.8, 4) is 11.5 Å². The zero-order valence-corrected chi connectivity index (χ0v) is 22.7. The van der Waals surface area contributed by atoms with Crippen LogP contribution in [0.4, 0.5) is 0 Å². The predicted octanol–water partition coefficient (Wildman–Crippen LogP) is 4.51. The molecule has 0 amide bonds. The number of carboxylic acids is 1. The summed E-state index contributed by atoms with van der Waals surface area (Å²) in [6.45, 7) is 2.97. The number of carbonyl (C=O) groups is 1. The number of para-hydroxylation sites is 1. The molecule has 2 aromatic carbocycles. The molecule has 0 bridgehead atoms. The van der Waals surface area contributed by atoms with Crippen LogP contribution in [0.25, 0.3) is 10.9 Å². The fourth-order valence-corrected chi connectivity index (χ4v) is 7.78. The molecule has 1 N–H and O–H groups in total. The van der Waals surface area contributed by atoms with E-state index in [1.54, 1.807) is 22.5 Å². The van der Waals surface area contributed by atoms with Crippen LogP contribution in [0.1, 0.15) is 50.8 Å². The summed E-state index contributed by atoms with van der Waals surface area (Å²) in [4.78, 5) is 11.7. The third kappa shape index (κ3) is 5.11. The van der Waals surface area contributed by atoms with Crippen LogP contribution in [0.15, 0.2) is 47.4 Å². The highest BCUT2D eigenvalue weighted by atomic mass is 32.2. The highest BCUT2D eigenvalue weighted by molar-refractivity contribution is 7.89. The molecular weight excluding hydrogens is 506 g/mol. The van der Waals surface area contributed by atoms with Crippen molar-refractivity contribution >= 4 is 26.9 Å². The Morgan fingerprint density at radius 3 is 2.61 bits per heavy atom. The van der Waals surface area contributed by atoms with E-state index in [9.17, 15) is 18.3 Å². The third-order valence-electron chi connectivity index (χ3n) is 7.87. The summed E-state index contributed by atoms with van der Waals surface area (Å²) in [6.07, 6.45) is 5.47. The Kier molecular flexibility index (Phi) is 7.63. The molecule has 2 aliphatic rings. The number of fused-ring (bicyclic) bond motifs is 1. The molecule has 1 saturated carbocycles. The molecule has 1 saturated heterocycles. The Bertz CT molecular complexity index is 1410. The van der Waals surface area contributed by atoms with E-state index in [4.69, 9.17) is 14.6 Å². The third-order valence-corrected chi connectivity index (χ3v) is 9.74. The number of rotatable bonds is 10. The number of aliphatic carboxylic acids is 1. The van der Waals surface area contributed by atoms with Gasteiger partial charge in [-0.15, -0.1) is 0 Å². The van der Waals surface area contributed by atoms with Crippen LogP contribution < -0.4 is 9.47 Å². The molecule has 9 nitrogen and oxygen atoms in total. The van der Waals surface area contributed by atoms with Crippen LogP contribution >= 0.6 is 0 Å². The molecule has 2 heterocycles. The topological polar surface area (TPSA) is 111 Å². The van der Waals surface area contributed by atoms with Crippen molar-refractivity contribution in [2.45, 2.75) is 56.4 Å². The van der Waals surface area contributed by atoms with Crippen molar-refractivity contribution in [2.75, 3.05) is 26.8 Å². The van der Waals surface area contributed by atoms with E-state index in [1.807, 2.05) is 35.9 Å². The second-order valence-corrected chi connectivity index (χ2v) is 12.2. The minimum absolute atomic E-state index is 0.0579. The normalized spacial score (nSPS) is 20.8. The van der Waals surface area contributed by atoms with E-state index >= 15 is 0 Å². The Hall–Kier alpha value is -3.11. The van der Waals surface area contributed by atoms with Crippen molar-refractivity contribution in [1.82, 2.24) is 14.1 Å². The van der Waals surface area contributed by atoms with Gasteiger partial charge in [0.25, 0.3) is 0 Å². The Balaban J connectivity index is 1.53. The van der Waals surface area contributed by atoms with Crippen LogP contribution in [0, 0.1) is 11.8 Å². The summed E-state index contributed by atoms with van der Waals surface area (Å²) in [5.74, 6) is 0.477. The average Bonchev–Trinajstić information content (AvgIpc) is 3.64. The molecule has 10 heteroatoms. The van der Waals surface area contributed by atoms with Gasteiger partial charge in [0.05, 0.1) is 37.4 Å². The molecule has 2 atom stereocenters. The van der Waals surface area contributed by atoms with Crippen molar-refractivity contribution in [3.05, 3.63) is 48.2 Å². The van der Waals surface area contributed by atoms with Crippen LogP contribution in [0.2, 0.25) is 0 Å². The maximum Gasteiger partial charge on any atom is 0.309 e. The zero-order chi connectivity index (χ0) is 26.9. The summed E-state index contributed by atoms with van der Waals surface area (Å²) in [7, 11) is -2.41. The van der Waals surface area contributed by atoms with E-state index in [0.29, 0.717) is 30.5 Å². The molecular formula is C28H35N3O6S. The number of carboxylic acid groups (broad SMARTS) is 1. The summed E-state index contributed by atoms with van der Waals surface area (Å²) in [6, 6.07) is 12.2. The largest absolute Gasteiger partial charge is 0.495 e. The lowest BCUT2D eigenvalue weighted by Gasteiger charge is -2.22. The van der Waals surface area contributed by atoms with Gasteiger partial charge in [0, 0.05) is 24.5 Å². The molecule has 1 aliphatic carbocycles. The smallest absolute Gasteiger partial charge is 0.309 e. The van der Waals surface area contributed by atoms with Crippen molar-refractivity contribution in [1.29, 1.82) is 0 Å². The van der Waals surface area contributed by atoms with E-state index < -0.39 is 16.0 Å². The van der Waals surface area contributed by atoms with Crippen LogP contribution in [0.3, 0.4) is 0 Å². The maximum absolute atomic E-state index is 14.0. The summed E-state index contributed by atoms with van der Waals surface area (Å²) >= 11 is 0. The summed E-state index contributed by atoms with van der Waals surface area (Å²) in [5, 5.41) is 15.0. The fourth-order valence-electron chi connectivity index (χ4n) is 6.13. The Morgan fingerprint density at radius 1 is 1.13 bits per heavy atom. The number of ether oxygens (including phenoxy) is 2. The molecule has 204 valence electrons. The Labute approximate surface area is 223 Å². The van der Waals surface area contributed by atoms with E-state index in [0.717, 1.165) is 30.2 Å². The molecule has 38 heavy (non-hydrogen) atoms. The second kappa shape index (κ2) is 10.9. The number of aromatic nitrogens is 2. The minimum Gasteiger partial charge on any atom is -0.495 e. The SMILES string of the molecule is CCOc1ccc(S(=O)(=O)N2C[C@@H](CC3CCCC3)[C@@H](n3nc(CC(=O)O)c4ccccc43)C2)c(OC)c1. The number of sulfonamides is 1. The minimum atomic E-state index is -3.87. The highest BCUT2D eigenvalue weighted by Crippen LogP contribution is 2.42. The molecule has 0 radical (unpaired) electrons. The first-order valence-corrected chi connectivity index (χ1v) is 14.7.